The van der Waals surface area contributed by atoms with Gasteiger partial charge in [0.25, 0.3) is 0 Å². The summed E-state index contributed by atoms with van der Waals surface area (Å²) in [5.74, 6) is 0. The SMILES string of the molecule is CCCCN(c1cc(Cl)ccc1CC(N)CC)C(C)CC. The second-order valence-corrected chi connectivity index (χ2v) is 6.39. The van der Waals surface area contributed by atoms with Crippen LogP contribution in [-0.2, 0) is 6.42 Å². The van der Waals surface area contributed by atoms with E-state index in [9.17, 15) is 0 Å². The zero-order valence-electron chi connectivity index (χ0n) is 14.0. The highest BCUT2D eigenvalue weighted by atomic mass is 35.5. The van der Waals surface area contributed by atoms with E-state index in [0.717, 1.165) is 30.8 Å². The average Bonchev–Trinajstić information content (AvgIpc) is 2.49. The molecule has 0 aliphatic rings. The summed E-state index contributed by atoms with van der Waals surface area (Å²) in [6.45, 7) is 10.00. The topological polar surface area (TPSA) is 29.3 Å². The quantitative estimate of drug-likeness (QED) is 0.693. The van der Waals surface area contributed by atoms with Crippen LogP contribution < -0.4 is 10.6 Å². The van der Waals surface area contributed by atoms with Crippen molar-refractivity contribution in [2.24, 2.45) is 5.73 Å². The highest BCUT2D eigenvalue weighted by Gasteiger charge is 2.17. The van der Waals surface area contributed by atoms with Crippen LogP contribution >= 0.6 is 11.6 Å². The normalized spacial score (nSPS) is 14.0. The molecule has 0 bridgehead atoms. The van der Waals surface area contributed by atoms with Crippen LogP contribution in [0.4, 0.5) is 5.69 Å². The second-order valence-electron chi connectivity index (χ2n) is 5.95. The molecule has 0 spiro atoms. The monoisotopic (exact) mass is 310 g/mol. The molecule has 2 nitrogen and oxygen atoms in total. The van der Waals surface area contributed by atoms with Gasteiger partial charge in [-0.25, -0.2) is 0 Å². The molecule has 2 unspecified atom stereocenters. The maximum atomic E-state index is 6.26. The highest BCUT2D eigenvalue weighted by molar-refractivity contribution is 6.30. The number of hydrogen-bond acceptors (Lipinski definition) is 2. The first-order valence-electron chi connectivity index (χ1n) is 8.34. The fraction of sp³-hybridized carbons (Fsp3) is 0.667. The van der Waals surface area contributed by atoms with Crippen molar-refractivity contribution in [3.63, 3.8) is 0 Å². The number of halogens is 1. The Morgan fingerprint density at radius 1 is 1.19 bits per heavy atom. The lowest BCUT2D eigenvalue weighted by molar-refractivity contribution is 0.588. The van der Waals surface area contributed by atoms with Crippen molar-refractivity contribution in [2.75, 3.05) is 11.4 Å². The molecule has 2 atom stereocenters. The molecular formula is C18H31ClN2. The van der Waals surface area contributed by atoms with Crippen LogP contribution in [0.25, 0.3) is 0 Å². The Hall–Kier alpha value is -0.730. The molecule has 1 rings (SSSR count). The van der Waals surface area contributed by atoms with Gasteiger partial charge in [-0.1, -0.05) is 44.9 Å². The molecule has 0 aliphatic carbocycles. The highest BCUT2D eigenvalue weighted by Crippen LogP contribution is 2.29. The van der Waals surface area contributed by atoms with E-state index < -0.39 is 0 Å². The van der Waals surface area contributed by atoms with E-state index in [0.29, 0.717) is 6.04 Å². The van der Waals surface area contributed by atoms with Gasteiger partial charge in [0.2, 0.25) is 0 Å². The Morgan fingerprint density at radius 3 is 2.48 bits per heavy atom. The Kier molecular flexibility index (Phi) is 8.13. The van der Waals surface area contributed by atoms with Crippen LogP contribution in [0.15, 0.2) is 18.2 Å². The molecule has 3 heteroatoms. The summed E-state index contributed by atoms with van der Waals surface area (Å²) in [7, 11) is 0. The van der Waals surface area contributed by atoms with Gasteiger partial charge in [-0.05, 0) is 50.3 Å². The van der Waals surface area contributed by atoms with E-state index in [2.05, 4.69) is 44.7 Å². The van der Waals surface area contributed by atoms with Gasteiger partial charge in [-0.15, -0.1) is 0 Å². The minimum absolute atomic E-state index is 0.217. The van der Waals surface area contributed by atoms with Crippen molar-refractivity contribution in [3.8, 4) is 0 Å². The minimum atomic E-state index is 0.217. The summed E-state index contributed by atoms with van der Waals surface area (Å²) in [5.41, 5.74) is 8.77. The molecule has 21 heavy (non-hydrogen) atoms. The van der Waals surface area contributed by atoms with Gasteiger partial charge in [0.05, 0.1) is 0 Å². The van der Waals surface area contributed by atoms with E-state index >= 15 is 0 Å². The van der Waals surface area contributed by atoms with Crippen molar-refractivity contribution in [1.82, 2.24) is 0 Å². The van der Waals surface area contributed by atoms with Gasteiger partial charge in [-0.2, -0.15) is 0 Å². The number of benzene rings is 1. The largest absolute Gasteiger partial charge is 0.369 e. The van der Waals surface area contributed by atoms with Gasteiger partial charge in [0.1, 0.15) is 0 Å². The summed E-state index contributed by atoms with van der Waals surface area (Å²) in [5, 5.41) is 0.809. The zero-order valence-corrected chi connectivity index (χ0v) is 14.8. The van der Waals surface area contributed by atoms with Gasteiger partial charge in [0, 0.05) is 29.3 Å². The van der Waals surface area contributed by atoms with E-state index in [1.807, 2.05) is 6.07 Å². The molecule has 0 aliphatic heterocycles. The summed E-state index contributed by atoms with van der Waals surface area (Å²) in [6, 6.07) is 6.98. The predicted molar refractivity (Wildman–Crippen MR) is 95.4 cm³/mol. The van der Waals surface area contributed by atoms with Gasteiger partial charge in [-0.3, -0.25) is 0 Å². The molecular weight excluding hydrogens is 280 g/mol. The minimum Gasteiger partial charge on any atom is -0.369 e. The summed E-state index contributed by atoms with van der Waals surface area (Å²) in [6.07, 6.45) is 5.46. The third-order valence-corrected chi connectivity index (χ3v) is 4.47. The van der Waals surface area contributed by atoms with Crippen LogP contribution in [0.3, 0.4) is 0 Å². The third-order valence-electron chi connectivity index (χ3n) is 4.24. The van der Waals surface area contributed by atoms with Crippen molar-refractivity contribution in [3.05, 3.63) is 28.8 Å². The molecule has 0 saturated carbocycles. The van der Waals surface area contributed by atoms with Crippen molar-refractivity contribution < 1.29 is 0 Å². The number of nitrogens with two attached hydrogens (primary N) is 1. The van der Waals surface area contributed by atoms with Crippen LogP contribution in [0, 0.1) is 0 Å². The van der Waals surface area contributed by atoms with Gasteiger partial charge >= 0.3 is 0 Å². The lowest BCUT2D eigenvalue weighted by atomic mass is 10.0. The lowest BCUT2D eigenvalue weighted by Gasteiger charge is -2.33. The van der Waals surface area contributed by atoms with Crippen molar-refractivity contribution in [1.29, 1.82) is 0 Å². The lowest BCUT2D eigenvalue weighted by Crippen LogP contribution is -2.35. The third kappa shape index (κ3) is 5.52. The molecule has 0 amide bonds. The number of hydrogen-bond donors (Lipinski definition) is 1. The van der Waals surface area contributed by atoms with Gasteiger partial charge < -0.3 is 10.6 Å². The summed E-state index contributed by atoms with van der Waals surface area (Å²) < 4.78 is 0. The molecule has 0 radical (unpaired) electrons. The van der Waals surface area contributed by atoms with E-state index in [4.69, 9.17) is 17.3 Å². The molecule has 0 heterocycles. The Morgan fingerprint density at radius 2 is 1.90 bits per heavy atom. The number of anilines is 1. The van der Waals surface area contributed by atoms with E-state index in [1.54, 1.807) is 0 Å². The van der Waals surface area contributed by atoms with Gasteiger partial charge in [0.15, 0.2) is 0 Å². The van der Waals surface area contributed by atoms with Crippen LogP contribution in [-0.4, -0.2) is 18.6 Å². The van der Waals surface area contributed by atoms with Crippen LogP contribution in [0.5, 0.6) is 0 Å². The van der Waals surface area contributed by atoms with Crippen LogP contribution in [0.2, 0.25) is 5.02 Å². The van der Waals surface area contributed by atoms with Crippen molar-refractivity contribution in [2.45, 2.75) is 71.9 Å². The Balaban J connectivity index is 3.11. The van der Waals surface area contributed by atoms with Crippen LogP contribution in [0.1, 0.15) is 58.9 Å². The number of unbranched alkanes of at least 4 members (excludes halogenated alkanes) is 1. The molecule has 1 aromatic carbocycles. The predicted octanol–water partition coefficient (Wildman–Crippen LogP) is 5.02. The molecule has 120 valence electrons. The molecule has 0 saturated heterocycles. The van der Waals surface area contributed by atoms with E-state index in [1.165, 1.54) is 24.1 Å². The fourth-order valence-electron chi connectivity index (χ4n) is 2.53. The summed E-state index contributed by atoms with van der Waals surface area (Å²) in [4.78, 5) is 2.51. The zero-order chi connectivity index (χ0) is 15.8. The first-order chi connectivity index (χ1) is 10.0. The fourth-order valence-corrected chi connectivity index (χ4v) is 2.70. The molecule has 0 fully saturated rings. The Bertz CT molecular complexity index is 420. The average molecular weight is 311 g/mol. The van der Waals surface area contributed by atoms with Crippen molar-refractivity contribution >= 4 is 17.3 Å². The number of nitrogens with zero attached hydrogens (tertiary/aromatic N) is 1. The van der Waals surface area contributed by atoms with E-state index in [-0.39, 0.29) is 6.04 Å². The standard InChI is InChI=1S/C18H31ClN2/c1-5-8-11-21(14(4)6-2)18-13-16(19)10-9-15(18)12-17(20)7-3/h9-10,13-14,17H,5-8,11-12,20H2,1-4H3. The summed E-state index contributed by atoms with van der Waals surface area (Å²) >= 11 is 6.26. The molecule has 2 N–H and O–H groups in total. The molecule has 1 aromatic rings. The number of rotatable bonds is 9. The maximum Gasteiger partial charge on any atom is 0.0426 e. The smallest absolute Gasteiger partial charge is 0.0426 e. The Labute approximate surface area is 135 Å². The maximum absolute atomic E-state index is 6.26. The molecule has 0 aromatic heterocycles. The first kappa shape index (κ1) is 18.3. The first-order valence-corrected chi connectivity index (χ1v) is 8.71. The second kappa shape index (κ2) is 9.32.